The molecule has 0 aliphatic rings. The van der Waals surface area contributed by atoms with E-state index in [9.17, 15) is 4.39 Å². The number of halogens is 4. The highest BCUT2D eigenvalue weighted by Gasteiger charge is 2.16. The van der Waals surface area contributed by atoms with Crippen LogP contribution in [-0.4, -0.2) is 0 Å². The van der Waals surface area contributed by atoms with Gasteiger partial charge in [-0.1, -0.05) is 35.3 Å². The van der Waals surface area contributed by atoms with Crippen molar-refractivity contribution in [1.82, 2.24) is 0 Å². The molecule has 2 aromatic carbocycles. The van der Waals surface area contributed by atoms with Crippen LogP contribution in [0.3, 0.4) is 0 Å². The van der Waals surface area contributed by atoms with Gasteiger partial charge in [0.25, 0.3) is 0 Å². The Morgan fingerprint density at radius 2 is 1.95 bits per heavy atom. The SMILES string of the molecule is C[C@H](N)c1cccc(F)c1Oc1cc(Cl)c(Br)cc1Cl. The molecule has 0 saturated carbocycles. The Morgan fingerprint density at radius 1 is 1.25 bits per heavy atom. The number of benzene rings is 2. The van der Waals surface area contributed by atoms with Crippen molar-refractivity contribution in [3.8, 4) is 11.5 Å². The quantitative estimate of drug-likeness (QED) is 0.694. The van der Waals surface area contributed by atoms with Crippen LogP contribution in [-0.2, 0) is 0 Å². The summed E-state index contributed by atoms with van der Waals surface area (Å²) in [6.07, 6.45) is 0. The molecule has 2 nitrogen and oxygen atoms in total. The molecule has 106 valence electrons. The van der Waals surface area contributed by atoms with Gasteiger partial charge in [0.2, 0.25) is 0 Å². The van der Waals surface area contributed by atoms with Gasteiger partial charge >= 0.3 is 0 Å². The molecule has 2 aromatic rings. The molecule has 0 saturated heterocycles. The van der Waals surface area contributed by atoms with Gasteiger partial charge in [0.15, 0.2) is 11.6 Å². The summed E-state index contributed by atoms with van der Waals surface area (Å²) in [5, 5.41) is 0.739. The first-order chi connectivity index (χ1) is 9.40. The molecule has 6 heteroatoms. The van der Waals surface area contributed by atoms with Gasteiger partial charge in [-0.25, -0.2) is 4.39 Å². The molecule has 0 bridgehead atoms. The monoisotopic (exact) mass is 377 g/mol. The van der Waals surface area contributed by atoms with Crippen LogP contribution in [0.2, 0.25) is 10.0 Å². The van der Waals surface area contributed by atoms with Crippen LogP contribution >= 0.6 is 39.1 Å². The molecule has 0 amide bonds. The lowest BCUT2D eigenvalue weighted by molar-refractivity contribution is 0.433. The number of ether oxygens (including phenoxy) is 1. The minimum Gasteiger partial charge on any atom is -0.452 e. The van der Waals surface area contributed by atoms with Crippen LogP contribution < -0.4 is 10.5 Å². The molecule has 0 heterocycles. The summed E-state index contributed by atoms with van der Waals surface area (Å²) in [6, 6.07) is 7.33. The molecule has 0 aromatic heterocycles. The summed E-state index contributed by atoms with van der Waals surface area (Å²) < 4.78 is 20.2. The number of para-hydroxylation sites is 1. The van der Waals surface area contributed by atoms with E-state index >= 15 is 0 Å². The van der Waals surface area contributed by atoms with E-state index in [1.165, 1.54) is 12.1 Å². The maximum absolute atomic E-state index is 13.9. The predicted molar refractivity (Wildman–Crippen MR) is 83.2 cm³/mol. The molecule has 0 spiro atoms. The smallest absolute Gasteiger partial charge is 0.167 e. The van der Waals surface area contributed by atoms with Gasteiger partial charge in [0.1, 0.15) is 5.75 Å². The van der Waals surface area contributed by atoms with Crippen LogP contribution in [0.5, 0.6) is 11.5 Å². The standard InChI is InChI=1S/C14H11BrCl2FNO/c1-7(19)8-3-2-4-12(18)14(8)20-13-6-10(16)9(15)5-11(13)17/h2-7H,19H2,1H3/t7-/m0/s1. The van der Waals surface area contributed by atoms with E-state index in [1.807, 2.05) is 0 Å². The zero-order valence-electron chi connectivity index (χ0n) is 10.5. The summed E-state index contributed by atoms with van der Waals surface area (Å²) in [5.74, 6) is -0.176. The van der Waals surface area contributed by atoms with Crippen LogP contribution in [0, 0.1) is 5.82 Å². The van der Waals surface area contributed by atoms with Crippen molar-refractivity contribution in [1.29, 1.82) is 0 Å². The van der Waals surface area contributed by atoms with Gasteiger partial charge in [0, 0.05) is 22.1 Å². The fraction of sp³-hybridized carbons (Fsp3) is 0.143. The Kier molecular flexibility index (Phi) is 4.91. The van der Waals surface area contributed by atoms with Gasteiger partial charge in [0.05, 0.1) is 10.0 Å². The maximum Gasteiger partial charge on any atom is 0.167 e. The average Bonchev–Trinajstić information content (AvgIpc) is 2.37. The van der Waals surface area contributed by atoms with Crippen LogP contribution in [0.25, 0.3) is 0 Å². The molecule has 0 aliphatic carbocycles. The van der Waals surface area contributed by atoms with Gasteiger partial charge < -0.3 is 10.5 Å². The van der Waals surface area contributed by atoms with E-state index in [-0.39, 0.29) is 17.5 Å². The largest absolute Gasteiger partial charge is 0.452 e. The summed E-state index contributed by atoms with van der Waals surface area (Å²) in [5.41, 5.74) is 6.37. The van der Waals surface area contributed by atoms with Gasteiger partial charge in [-0.15, -0.1) is 0 Å². The van der Waals surface area contributed by atoms with E-state index in [0.29, 0.717) is 20.1 Å². The van der Waals surface area contributed by atoms with E-state index in [2.05, 4.69) is 15.9 Å². The number of hydrogen-bond donors (Lipinski definition) is 1. The van der Waals surface area contributed by atoms with E-state index in [1.54, 1.807) is 25.1 Å². The second kappa shape index (κ2) is 6.31. The third-order valence-corrected chi connectivity index (χ3v) is 4.17. The lowest BCUT2D eigenvalue weighted by Crippen LogP contribution is -2.07. The number of nitrogens with two attached hydrogens (primary N) is 1. The molecule has 2 N–H and O–H groups in total. The topological polar surface area (TPSA) is 35.2 Å². The first-order valence-electron chi connectivity index (χ1n) is 5.76. The zero-order chi connectivity index (χ0) is 14.9. The van der Waals surface area contributed by atoms with Crippen molar-refractivity contribution < 1.29 is 9.13 Å². The molecular formula is C14H11BrCl2FNO. The first-order valence-corrected chi connectivity index (χ1v) is 7.31. The molecule has 20 heavy (non-hydrogen) atoms. The summed E-state index contributed by atoms with van der Waals surface area (Å²) >= 11 is 15.3. The fourth-order valence-electron chi connectivity index (χ4n) is 1.68. The lowest BCUT2D eigenvalue weighted by atomic mass is 10.1. The Hall–Kier alpha value is -0.810. The first kappa shape index (κ1) is 15.6. The third kappa shape index (κ3) is 3.26. The van der Waals surface area contributed by atoms with Crippen molar-refractivity contribution in [3.05, 3.63) is 56.2 Å². The van der Waals surface area contributed by atoms with E-state index in [4.69, 9.17) is 33.7 Å². The lowest BCUT2D eigenvalue weighted by Gasteiger charge is -2.15. The van der Waals surface area contributed by atoms with Crippen molar-refractivity contribution in [2.75, 3.05) is 0 Å². The summed E-state index contributed by atoms with van der Waals surface area (Å²) in [4.78, 5) is 0. The minimum absolute atomic E-state index is 0.0581. The number of hydrogen-bond acceptors (Lipinski definition) is 2. The number of rotatable bonds is 3. The minimum atomic E-state index is -0.505. The molecule has 0 fully saturated rings. The Balaban J connectivity index is 2.47. The molecule has 0 unspecified atom stereocenters. The highest BCUT2D eigenvalue weighted by Crippen LogP contribution is 2.39. The normalized spacial score (nSPS) is 12.3. The second-order valence-corrected chi connectivity index (χ2v) is 5.91. The Morgan fingerprint density at radius 3 is 2.60 bits per heavy atom. The van der Waals surface area contributed by atoms with Crippen molar-refractivity contribution >= 4 is 39.1 Å². The molecule has 1 atom stereocenters. The Labute approximate surface area is 134 Å². The van der Waals surface area contributed by atoms with Crippen LogP contribution in [0.4, 0.5) is 4.39 Å². The fourth-order valence-corrected chi connectivity index (χ4v) is 2.52. The van der Waals surface area contributed by atoms with E-state index < -0.39 is 5.82 Å². The van der Waals surface area contributed by atoms with Gasteiger partial charge in [-0.3, -0.25) is 0 Å². The van der Waals surface area contributed by atoms with Crippen molar-refractivity contribution in [3.63, 3.8) is 0 Å². The molecule has 0 radical (unpaired) electrons. The Bertz CT molecular complexity index is 649. The molecular weight excluding hydrogens is 368 g/mol. The average molecular weight is 379 g/mol. The summed E-state index contributed by atoms with van der Waals surface area (Å²) in [6.45, 7) is 1.75. The summed E-state index contributed by atoms with van der Waals surface area (Å²) in [7, 11) is 0. The molecule has 0 aliphatic heterocycles. The van der Waals surface area contributed by atoms with Gasteiger partial charge in [-0.2, -0.15) is 0 Å². The maximum atomic E-state index is 13.9. The van der Waals surface area contributed by atoms with Crippen LogP contribution in [0.1, 0.15) is 18.5 Å². The van der Waals surface area contributed by atoms with E-state index in [0.717, 1.165) is 0 Å². The van der Waals surface area contributed by atoms with Crippen molar-refractivity contribution in [2.45, 2.75) is 13.0 Å². The second-order valence-electron chi connectivity index (χ2n) is 4.25. The highest BCUT2D eigenvalue weighted by molar-refractivity contribution is 9.10. The van der Waals surface area contributed by atoms with Crippen LogP contribution in [0.15, 0.2) is 34.8 Å². The van der Waals surface area contributed by atoms with Gasteiger partial charge in [-0.05, 0) is 35.0 Å². The van der Waals surface area contributed by atoms with Crippen molar-refractivity contribution in [2.24, 2.45) is 5.73 Å². The highest BCUT2D eigenvalue weighted by atomic mass is 79.9. The predicted octanol–water partition coefficient (Wildman–Crippen LogP) is 5.71. The third-order valence-electron chi connectivity index (χ3n) is 2.67. The molecule has 2 rings (SSSR count). The zero-order valence-corrected chi connectivity index (χ0v) is 13.6.